The highest BCUT2D eigenvalue weighted by molar-refractivity contribution is 7.92. The molecule has 0 saturated carbocycles. The monoisotopic (exact) mass is 236 g/mol. The van der Waals surface area contributed by atoms with Crippen LogP contribution in [0.1, 0.15) is 26.2 Å². The van der Waals surface area contributed by atoms with Crippen molar-refractivity contribution in [2.75, 3.05) is 18.1 Å². The quantitative estimate of drug-likeness (QED) is 0.520. The third-order valence-electron chi connectivity index (χ3n) is 2.25. The summed E-state index contributed by atoms with van der Waals surface area (Å²) in [6.45, 7) is 1.49. The minimum absolute atomic E-state index is 0.0722. The molecule has 0 aromatic carbocycles. The third-order valence-corrected chi connectivity index (χ3v) is 4.07. The number of aliphatic hydroxyl groups excluding tert-OH is 1. The molecule has 2 atom stereocenters. The Morgan fingerprint density at radius 1 is 1.53 bits per heavy atom. The second-order valence-corrected chi connectivity index (χ2v) is 6.27. The van der Waals surface area contributed by atoms with Crippen molar-refractivity contribution in [2.45, 2.75) is 31.7 Å². The van der Waals surface area contributed by atoms with Crippen LogP contribution in [0.15, 0.2) is 0 Å². The van der Waals surface area contributed by atoms with E-state index in [1.54, 1.807) is 0 Å². The second-order valence-electron chi connectivity index (χ2n) is 3.83. The third kappa shape index (κ3) is 5.86. The molecule has 0 radical (unpaired) electrons. The zero-order chi connectivity index (χ0) is 11.9. The van der Waals surface area contributed by atoms with Crippen LogP contribution in [-0.4, -0.2) is 39.3 Å². The highest BCUT2D eigenvalue weighted by atomic mass is 32.2. The molecule has 0 heterocycles. The number of hydrogen-bond acceptors (Lipinski definition) is 5. The molecule has 4 N–H and O–H groups in total. The SMILES string of the molecule is CCCCS(=N)(=O)CCC(N)(C=O)CO. The fourth-order valence-electron chi connectivity index (χ4n) is 1.01. The minimum atomic E-state index is -2.65. The van der Waals surface area contributed by atoms with Crippen molar-refractivity contribution in [3.63, 3.8) is 0 Å². The zero-order valence-corrected chi connectivity index (χ0v) is 9.89. The van der Waals surface area contributed by atoms with Gasteiger partial charge in [-0.1, -0.05) is 13.3 Å². The number of carbonyl (C=O) groups excluding carboxylic acids is 1. The van der Waals surface area contributed by atoms with Crippen LogP contribution in [0.25, 0.3) is 0 Å². The number of carbonyl (C=O) groups is 1. The van der Waals surface area contributed by atoms with Crippen LogP contribution in [-0.2, 0) is 14.5 Å². The number of rotatable bonds is 8. The molecular weight excluding hydrogens is 216 g/mol. The van der Waals surface area contributed by atoms with Crippen molar-refractivity contribution in [1.29, 1.82) is 4.78 Å². The smallest absolute Gasteiger partial charge is 0.142 e. The summed E-state index contributed by atoms with van der Waals surface area (Å²) >= 11 is 0. The number of aliphatic hydroxyl groups is 1. The van der Waals surface area contributed by atoms with Crippen molar-refractivity contribution < 1.29 is 14.1 Å². The Labute approximate surface area is 91.0 Å². The Morgan fingerprint density at radius 2 is 2.13 bits per heavy atom. The molecule has 0 amide bonds. The maximum atomic E-state index is 11.6. The first-order valence-electron chi connectivity index (χ1n) is 4.99. The first kappa shape index (κ1) is 14.5. The molecule has 0 saturated heterocycles. The lowest BCUT2D eigenvalue weighted by atomic mass is 10.0. The number of nitrogens with two attached hydrogens (primary N) is 1. The van der Waals surface area contributed by atoms with E-state index in [0.717, 1.165) is 12.8 Å². The van der Waals surface area contributed by atoms with Crippen LogP contribution in [0.4, 0.5) is 0 Å². The zero-order valence-electron chi connectivity index (χ0n) is 9.07. The van der Waals surface area contributed by atoms with Gasteiger partial charge in [0.25, 0.3) is 0 Å². The van der Waals surface area contributed by atoms with Gasteiger partial charge in [0.05, 0.1) is 12.1 Å². The van der Waals surface area contributed by atoms with Gasteiger partial charge in [0.2, 0.25) is 0 Å². The van der Waals surface area contributed by atoms with E-state index in [4.69, 9.17) is 15.6 Å². The molecule has 0 aromatic heterocycles. The number of nitrogens with one attached hydrogen (secondary N) is 1. The molecule has 0 bridgehead atoms. The van der Waals surface area contributed by atoms with Gasteiger partial charge in [-0.2, -0.15) is 0 Å². The highest BCUT2D eigenvalue weighted by Crippen LogP contribution is 2.07. The van der Waals surface area contributed by atoms with Crippen molar-refractivity contribution in [3.05, 3.63) is 0 Å². The minimum Gasteiger partial charge on any atom is -0.394 e. The molecule has 2 unspecified atom stereocenters. The lowest BCUT2D eigenvalue weighted by Crippen LogP contribution is -2.46. The Morgan fingerprint density at radius 3 is 2.53 bits per heavy atom. The molecule has 0 aromatic rings. The summed E-state index contributed by atoms with van der Waals surface area (Å²) in [6.07, 6.45) is 2.18. The van der Waals surface area contributed by atoms with Gasteiger partial charge in [-0.25, -0.2) is 4.21 Å². The van der Waals surface area contributed by atoms with Crippen molar-refractivity contribution in [3.8, 4) is 0 Å². The molecule has 15 heavy (non-hydrogen) atoms. The Bertz CT molecular complexity index is 290. The van der Waals surface area contributed by atoms with Crippen LogP contribution in [0.2, 0.25) is 0 Å². The number of aldehydes is 1. The fourth-order valence-corrected chi connectivity index (χ4v) is 2.68. The summed E-state index contributed by atoms with van der Waals surface area (Å²) in [4.78, 5) is 10.5. The highest BCUT2D eigenvalue weighted by Gasteiger charge is 2.24. The summed E-state index contributed by atoms with van der Waals surface area (Å²) in [6, 6.07) is 0. The maximum Gasteiger partial charge on any atom is 0.142 e. The van der Waals surface area contributed by atoms with Gasteiger partial charge in [0, 0.05) is 21.2 Å². The largest absolute Gasteiger partial charge is 0.394 e. The predicted molar refractivity (Wildman–Crippen MR) is 60.2 cm³/mol. The van der Waals surface area contributed by atoms with Gasteiger partial charge in [-0.05, 0) is 12.8 Å². The molecule has 0 fully saturated rings. The predicted octanol–water partition coefficient (Wildman–Crippen LogP) is 0.112. The van der Waals surface area contributed by atoms with E-state index in [-0.39, 0.29) is 12.2 Å². The maximum absolute atomic E-state index is 11.6. The lowest BCUT2D eigenvalue weighted by molar-refractivity contribution is -0.113. The summed E-state index contributed by atoms with van der Waals surface area (Å²) in [5, 5.41) is 8.85. The molecule has 0 rings (SSSR count). The van der Waals surface area contributed by atoms with Crippen LogP contribution < -0.4 is 5.73 Å². The van der Waals surface area contributed by atoms with E-state index >= 15 is 0 Å². The number of unbranched alkanes of at least 4 members (excludes halogenated alkanes) is 1. The average molecular weight is 236 g/mol. The second kappa shape index (κ2) is 6.19. The van der Waals surface area contributed by atoms with Crippen molar-refractivity contribution in [1.82, 2.24) is 0 Å². The molecule has 0 aliphatic rings. The first-order valence-corrected chi connectivity index (χ1v) is 6.89. The van der Waals surface area contributed by atoms with Gasteiger partial charge in [-0.3, -0.25) is 4.78 Å². The Kier molecular flexibility index (Phi) is 6.00. The van der Waals surface area contributed by atoms with Gasteiger partial charge in [-0.15, -0.1) is 0 Å². The Balaban J connectivity index is 4.19. The summed E-state index contributed by atoms with van der Waals surface area (Å²) in [5.74, 6) is 0.409. The summed E-state index contributed by atoms with van der Waals surface area (Å²) in [5.41, 5.74) is 4.17. The molecular formula is C9H20N2O3S. The van der Waals surface area contributed by atoms with Gasteiger partial charge in [0.1, 0.15) is 6.29 Å². The molecule has 0 aliphatic heterocycles. The molecule has 0 aliphatic carbocycles. The van der Waals surface area contributed by atoms with E-state index in [1.807, 2.05) is 6.92 Å². The first-order chi connectivity index (χ1) is 6.89. The van der Waals surface area contributed by atoms with Crippen molar-refractivity contribution in [2.24, 2.45) is 5.73 Å². The van der Waals surface area contributed by atoms with E-state index in [9.17, 15) is 9.00 Å². The van der Waals surface area contributed by atoms with E-state index in [2.05, 4.69) is 0 Å². The van der Waals surface area contributed by atoms with Crippen LogP contribution >= 0.6 is 0 Å². The van der Waals surface area contributed by atoms with Crippen LogP contribution in [0, 0.1) is 4.78 Å². The molecule has 6 heteroatoms. The number of hydrogen-bond donors (Lipinski definition) is 3. The molecule has 0 spiro atoms. The van der Waals surface area contributed by atoms with E-state index in [1.165, 1.54) is 0 Å². The fraction of sp³-hybridized carbons (Fsp3) is 0.889. The summed E-state index contributed by atoms with van der Waals surface area (Å²) < 4.78 is 19.2. The standard InChI is InChI=1S/C9H20N2O3S/c1-2-3-5-15(11,14)6-4-9(10,7-12)8-13/h7,11,13H,2-6,8,10H2,1H3. The Hall–Kier alpha value is -0.460. The molecule has 5 nitrogen and oxygen atoms in total. The normalized spacial score (nSPS) is 19.1. The molecule has 90 valence electrons. The van der Waals surface area contributed by atoms with Crippen molar-refractivity contribution >= 4 is 16.0 Å². The average Bonchev–Trinajstić information content (AvgIpc) is 2.23. The topological polar surface area (TPSA) is 104 Å². The van der Waals surface area contributed by atoms with E-state index < -0.39 is 21.9 Å². The lowest BCUT2D eigenvalue weighted by Gasteiger charge is -2.20. The summed E-state index contributed by atoms with van der Waals surface area (Å²) in [7, 11) is -2.65. The van der Waals surface area contributed by atoms with Gasteiger partial charge < -0.3 is 15.6 Å². The van der Waals surface area contributed by atoms with Gasteiger partial charge >= 0.3 is 0 Å². The van der Waals surface area contributed by atoms with E-state index in [0.29, 0.717) is 12.0 Å². The van der Waals surface area contributed by atoms with Crippen LogP contribution in [0.5, 0.6) is 0 Å². The van der Waals surface area contributed by atoms with Crippen LogP contribution in [0.3, 0.4) is 0 Å². The van der Waals surface area contributed by atoms with Gasteiger partial charge in [0.15, 0.2) is 0 Å².